The van der Waals surface area contributed by atoms with Crippen molar-refractivity contribution in [3.8, 4) is 11.5 Å². The van der Waals surface area contributed by atoms with Gasteiger partial charge in [-0.25, -0.2) is 0 Å². The van der Waals surface area contributed by atoms with E-state index in [1.165, 1.54) is 4.90 Å². The molecule has 6 nitrogen and oxygen atoms in total. The van der Waals surface area contributed by atoms with E-state index < -0.39 is 17.7 Å². The Morgan fingerprint density at radius 1 is 0.943 bits per heavy atom. The Labute approximate surface area is 213 Å². The number of aliphatic hydroxyl groups excluding tert-OH is 1. The minimum absolute atomic E-state index is 0.0519. The minimum Gasteiger partial charge on any atom is -0.507 e. The molecule has 1 fully saturated rings. The number of rotatable bonds is 7. The molecule has 0 aliphatic carbocycles. The third kappa shape index (κ3) is 4.85. The van der Waals surface area contributed by atoms with Crippen LogP contribution in [-0.2, 0) is 9.59 Å². The van der Waals surface area contributed by atoms with Crippen LogP contribution in [-0.4, -0.2) is 30.0 Å². The lowest BCUT2D eigenvalue weighted by Crippen LogP contribution is -2.29. The number of anilines is 1. The van der Waals surface area contributed by atoms with Crippen LogP contribution in [0.3, 0.4) is 0 Å². The summed E-state index contributed by atoms with van der Waals surface area (Å²) in [5, 5.41) is 12.1. The summed E-state index contributed by atoms with van der Waals surface area (Å²) < 4.78 is 11.1. The fraction of sp³-hybridized carbons (Fsp3) is 0.185. The first-order valence-electron chi connectivity index (χ1n) is 11.1. The molecule has 3 aromatic carbocycles. The lowest BCUT2D eigenvalue weighted by Gasteiger charge is -2.25. The van der Waals surface area contributed by atoms with E-state index in [0.717, 1.165) is 0 Å². The van der Waals surface area contributed by atoms with Gasteiger partial charge in [0.05, 0.1) is 29.9 Å². The number of amides is 1. The lowest BCUT2D eigenvalue weighted by molar-refractivity contribution is -0.132. The zero-order valence-electron chi connectivity index (χ0n) is 19.1. The topological polar surface area (TPSA) is 76.1 Å². The molecule has 8 heteroatoms. The van der Waals surface area contributed by atoms with Crippen LogP contribution >= 0.6 is 23.2 Å². The number of nitrogens with zero attached hydrogens (tertiary/aromatic N) is 1. The van der Waals surface area contributed by atoms with Gasteiger partial charge >= 0.3 is 0 Å². The van der Waals surface area contributed by atoms with Gasteiger partial charge < -0.3 is 14.6 Å². The highest BCUT2D eigenvalue weighted by atomic mass is 35.5. The number of Topliss-reactive ketones (excluding diaryl/α,β-unsaturated/α-hetero) is 1. The standard InChI is InChI=1S/C27H23Cl2NO5/c1-3-34-20-11-8-16(9-12-20)24-23(25(31)17-10-13-21(29)22(14-17)35-4-2)26(32)27(33)30(24)19-7-5-6-18(28)15-19/h5-15,24,31H,3-4H2,1-2H3/b25-23+. The third-order valence-electron chi connectivity index (χ3n) is 5.54. The number of ether oxygens (including phenoxy) is 2. The van der Waals surface area contributed by atoms with E-state index in [9.17, 15) is 14.7 Å². The number of carbonyl (C=O) groups excluding carboxylic acids is 2. The number of hydrogen-bond donors (Lipinski definition) is 1. The number of carbonyl (C=O) groups is 2. The molecule has 1 unspecified atom stereocenters. The molecule has 0 radical (unpaired) electrons. The van der Waals surface area contributed by atoms with Crippen molar-refractivity contribution in [2.45, 2.75) is 19.9 Å². The van der Waals surface area contributed by atoms with Crippen molar-refractivity contribution in [2.24, 2.45) is 0 Å². The summed E-state index contributed by atoms with van der Waals surface area (Å²) in [5.74, 6) is -0.903. The Morgan fingerprint density at radius 3 is 2.31 bits per heavy atom. The summed E-state index contributed by atoms with van der Waals surface area (Å²) in [6.45, 7) is 4.56. The summed E-state index contributed by atoms with van der Waals surface area (Å²) in [7, 11) is 0. The molecule has 1 saturated heterocycles. The summed E-state index contributed by atoms with van der Waals surface area (Å²) >= 11 is 12.4. The molecular formula is C27H23Cl2NO5. The fourth-order valence-electron chi connectivity index (χ4n) is 4.03. The summed E-state index contributed by atoms with van der Waals surface area (Å²) in [6, 6.07) is 17.5. The second kappa shape index (κ2) is 10.4. The molecule has 1 atom stereocenters. The number of hydrogen-bond acceptors (Lipinski definition) is 5. The highest BCUT2D eigenvalue weighted by Crippen LogP contribution is 2.43. The first kappa shape index (κ1) is 24.6. The number of benzene rings is 3. The highest BCUT2D eigenvalue weighted by Gasteiger charge is 2.47. The minimum atomic E-state index is -0.893. The van der Waals surface area contributed by atoms with E-state index in [1.807, 2.05) is 13.8 Å². The van der Waals surface area contributed by atoms with E-state index in [4.69, 9.17) is 32.7 Å². The molecule has 1 aliphatic heterocycles. The Kier molecular flexibility index (Phi) is 7.34. The zero-order chi connectivity index (χ0) is 25.1. The summed E-state index contributed by atoms with van der Waals surface area (Å²) in [6.07, 6.45) is 0. The monoisotopic (exact) mass is 511 g/mol. The van der Waals surface area contributed by atoms with Crippen LogP contribution in [0.5, 0.6) is 11.5 Å². The Bertz CT molecular complexity index is 1300. The van der Waals surface area contributed by atoms with E-state index in [1.54, 1.807) is 66.7 Å². The predicted molar refractivity (Wildman–Crippen MR) is 136 cm³/mol. The SMILES string of the molecule is CCOc1ccc(C2/C(=C(\O)c3ccc(Cl)c(OCC)c3)C(=O)C(=O)N2c2cccc(Cl)c2)cc1. The van der Waals surface area contributed by atoms with Crippen molar-refractivity contribution in [1.82, 2.24) is 0 Å². The largest absolute Gasteiger partial charge is 0.507 e. The van der Waals surface area contributed by atoms with Gasteiger partial charge in [-0.3, -0.25) is 14.5 Å². The van der Waals surface area contributed by atoms with Crippen LogP contribution in [0.1, 0.15) is 31.0 Å². The van der Waals surface area contributed by atoms with Crippen LogP contribution < -0.4 is 14.4 Å². The lowest BCUT2D eigenvalue weighted by atomic mass is 9.95. The van der Waals surface area contributed by atoms with Crippen LogP contribution in [0.25, 0.3) is 5.76 Å². The molecule has 3 aromatic rings. The van der Waals surface area contributed by atoms with Gasteiger partial charge in [0.2, 0.25) is 0 Å². The Balaban J connectivity index is 1.91. The Morgan fingerprint density at radius 2 is 1.66 bits per heavy atom. The van der Waals surface area contributed by atoms with Gasteiger partial charge in [-0.15, -0.1) is 0 Å². The average Bonchev–Trinajstić information content (AvgIpc) is 3.11. The average molecular weight is 512 g/mol. The van der Waals surface area contributed by atoms with E-state index >= 15 is 0 Å². The zero-order valence-corrected chi connectivity index (χ0v) is 20.6. The molecule has 1 aliphatic rings. The smallest absolute Gasteiger partial charge is 0.300 e. The molecule has 0 bridgehead atoms. The molecule has 1 amide bonds. The number of aliphatic hydroxyl groups is 1. The first-order chi connectivity index (χ1) is 16.8. The van der Waals surface area contributed by atoms with Gasteiger partial charge in [0.25, 0.3) is 11.7 Å². The predicted octanol–water partition coefficient (Wildman–Crippen LogP) is 6.42. The molecule has 0 aromatic heterocycles. The van der Waals surface area contributed by atoms with Crippen molar-refractivity contribution >= 4 is 46.3 Å². The number of halogens is 2. The maximum absolute atomic E-state index is 13.3. The van der Waals surface area contributed by atoms with Crippen molar-refractivity contribution in [3.63, 3.8) is 0 Å². The molecule has 4 rings (SSSR count). The Hall–Kier alpha value is -3.48. The van der Waals surface area contributed by atoms with Gasteiger partial charge in [0.1, 0.15) is 17.3 Å². The normalized spacial score (nSPS) is 17.0. The molecule has 0 spiro atoms. The molecule has 35 heavy (non-hydrogen) atoms. The van der Waals surface area contributed by atoms with Crippen LogP contribution in [0.4, 0.5) is 5.69 Å². The maximum atomic E-state index is 13.3. The van der Waals surface area contributed by atoms with Gasteiger partial charge in [0, 0.05) is 16.3 Å². The highest BCUT2D eigenvalue weighted by molar-refractivity contribution is 6.51. The maximum Gasteiger partial charge on any atom is 0.300 e. The van der Waals surface area contributed by atoms with Gasteiger partial charge in [-0.1, -0.05) is 41.4 Å². The van der Waals surface area contributed by atoms with E-state index in [2.05, 4.69) is 0 Å². The van der Waals surface area contributed by atoms with Crippen molar-refractivity contribution in [3.05, 3.63) is 93.5 Å². The summed E-state index contributed by atoms with van der Waals surface area (Å²) in [5.41, 5.74) is 1.30. The molecule has 1 heterocycles. The molecule has 180 valence electrons. The van der Waals surface area contributed by atoms with Gasteiger partial charge in [0.15, 0.2) is 0 Å². The third-order valence-corrected chi connectivity index (χ3v) is 6.09. The van der Waals surface area contributed by atoms with Crippen LogP contribution in [0.2, 0.25) is 10.0 Å². The second-order valence-corrected chi connectivity index (χ2v) is 8.57. The quantitative estimate of drug-likeness (QED) is 0.225. The van der Waals surface area contributed by atoms with Crippen LogP contribution in [0, 0.1) is 0 Å². The van der Waals surface area contributed by atoms with E-state index in [-0.39, 0.29) is 11.3 Å². The molecular weight excluding hydrogens is 489 g/mol. The second-order valence-electron chi connectivity index (χ2n) is 7.73. The van der Waals surface area contributed by atoms with Crippen LogP contribution in [0.15, 0.2) is 72.3 Å². The van der Waals surface area contributed by atoms with Crippen molar-refractivity contribution in [2.75, 3.05) is 18.1 Å². The first-order valence-corrected chi connectivity index (χ1v) is 11.8. The van der Waals surface area contributed by atoms with Crippen molar-refractivity contribution < 1.29 is 24.2 Å². The van der Waals surface area contributed by atoms with Crippen molar-refractivity contribution in [1.29, 1.82) is 0 Å². The van der Waals surface area contributed by atoms with Gasteiger partial charge in [-0.2, -0.15) is 0 Å². The van der Waals surface area contributed by atoms with Gasteiger partial charge in [-0.05, 0) is 67.9 Å². The fourth-order valence-corrected chi connectivity index (χ4v) is 4.38. The number of ketones is 1. The molecule has 0 saturated carbocycles. The van der Waals surface area contributed by atoms with E-state index in [0.29, 0.717) is 51.6 Å². The summed E-state index contributed by atoms with van der Waals surface area (Å²) in [4.78, 5) is 27.9. The molecule has 1 N–H and O–H groups in total.